The number of hydrogen-bond acceptors (Lipinski definition) is 7. The first-order chi connectivity index (χ1) is 16.3. The number of halogens is 2. The van der Waals surface area contributed by atoms with E-state index in [0.29, 0.717) is 46.7 Å². The molecule has 2 N–H and O–H groups in total. The van der Waals surface area contributed by atoms with Gasteiger partial charge >= 0.3 is 0 Å². The number of aromatic nitrogens is 2. The molecule has 0 fully saturated rings. The summed E-state index contributed by atoms with van der Waals surface area (Å²) < 4.78 is 52.1. The van der Waals surface area contributed by atoms with Crippen LogP contribution in [0.15, 0.2) is 36.7 Å². The van der Waals surface area contributed by atoms with E-state index in [1.165, 1.54) is 31.6 Å². The average molecular weight is 505 g/mol. The van der Waals surface area contributed by atoms with Crippen LogP contribution in [0, 0.1) is 17.7 Å². The minimum absolute atomic E-state index is 0.0227. The van der Waals surface area contributed by atoms with Gasteiger partial charge in [-0.25, -0.2) is 27.5 Å². The number of nitrogens with zero attached hydrogens (tertiary/aromatic N) is 2. The molecule has 0 saturated carbocycles. The highest BCUT2D eigenvalue weighted by Gasteiger charge is 2.28. The Morgan fingerprint density at radius 1 is 1.24 bits per heavy atom. The summed E-state index contributed by atoms with van der Waals surface area (Å²) in [4.78, 5) is 8.59. The maximum absolute atomic E-state index is 13.5. The zero-order valence-corrected chi connectivity index (χ0v) is 20.0. The highest BCUT2D eigenvalue weighted by atomic mass is 35.5. The number of sulfonamides is 1. The van der Waals surface area contributed by atoms with Gasteiger partial charge in [0.1, 0.15) is 18.0 Å². The second-order valence-corrected chi connectivity index (χ2v) is 9.97. The van der Waals surface area contributed by atoms with Gasteiger partial charge in [-0.05, 0) is 37.6 Å². The van der Waals surface area contributed by atoms with E-state index in [2.05, 4.69) is 31.8 Å². The lowest BCUT2D eigenvalue weighted by Crippen LogP contribution is -2.46. The lowest BCUT2D eigenvalue weighted by molar-refractivity contribution is 0.200. The number of benzene rings is 2. The van der Waals surface area contributed by atoms with Crippen LogP contribution >= 0.6 is 11.6 Å². The molecule has 1 aromatic heterocycles. The van der Waals surface area contributed by atoms with Gasteiger partial charge in [0, 0.05) is 23.6 Å². The molecule has 1 aliphatic carbocycles. The highest BCUT2D eigenvalue weighted by molar-refractivity contribution is 7.89. The smallest absolute Gasteiger partial charge is 0.211 e. The third-order valence-corrected chi connectivity index (χ3v) is 6.97. The summed E-state index contributed by atoms with van der Waals surface area (Å²) in [7, 11) is -1.94. The van der Waals surface area contributed by atoms with Crippen molar-refractivity contribution in [2.45, 2.75) is 31.9 Å². The summed E-state index contributed by atoms with van der Waals surface area (Å²) in [5.74, 6) is 6.60. The number of rotatable bonds is 8. The Kier molecular flexibility index (Phi) is 7.07. The van der Waals surface area contributed by atoms with Gasteiger partial charge in [0.15, 0.2) is 17.6 Å². The summed E-state index contributed by atoms with van der Waals surface area (Å²) in [6.07, 6.45) is 1.76. The molecule has 0 spiro atoms. The summed E-state index contributed by atoms with van der Waals surface area (Å²) in [5.41, 5.74) is 1.12. The predicted octanol–water partition coefficient (Wildman–Crippen LogP) is 4.03. The molecule has 1 aliphatic rings. The third-order valence-electron chi connectivity index (χ3n) is 5.26. The number of nitrogens with one attached hydrogen (secondary N) is 2. The second kappa shape index (κ2) is 10.0. The Hall–Kier alpha value is -3.13. The van der Waals surface area contributed by atoms with Gasteiger partial charge in [-0.3, -0.25) is 0 Å². The molecule has 0 radical (unpaired) electrons. The van der Waals surface area contributed by atoms with Crippen molar-refractivity contribution in [2.24, 2.45) is 0 Å². The fraction of sp³-hybridized carbons (Fsp3) is 0.304. The van der Waals surface area contributed by atoms with Gasteiger partial charge in [0.2, 0.25) is 10.0 Å². The first-order valence-corrected chi connectivity index (χ1v) is 12.5. The van der Waals surface area contributed by atoms with Crippen LogP contribution in [0.5, 0.6) is 11.5 Å². The maximum atomic E-state index is 13.5. The molecule has 0 amide bonds. The van der Waals surface area contributed by atoms with Crippen molar-refractivity contribution in [3.8, 4) is 23.3 Å². The molecular formula is C23H22ClFN4O4S. The summed E-state index contributed by atoms with van der Waals surface area (Å²) >= 11 is 5.90. The van der Waals surface area contributed by atoms with Gasteiger partial charge in [-0.15, -0.1) is 0 Å². The lowest BCUT2D eigenvalue weighted by Gasteiger charge is -2.27. The van der Waals surface area contributed by atoms with Gasteiger partial charge in [0.25, 0.3) is 0 Å². The standard InChI is InChI=1S/C23H22ClFN4O4S/c1-3-34(30,31)29-18-6-4-5-7-20(18)33-22-11-15-19(12-21(22)32-2)26-13-27-23(15)28-14-8-9-17(25)16(24)10-14/h8-13,18,20,29H,3-4,6H2,1-2H3,(H,26,27,28)/t18-,20-/m1/s1. The van der Waals surface area contributed by atoms with E-state index >= 15 is 0 Å². The van der Waals surface area contributed by atoms with Crippen LogP contribution < -0.4 is 19.5 Å². The van der Waals surface area contributed by atoms with E-state index in [1.807, 2.05) is 0 Å². The minimum atomic E-state index is -3.44. The van der Waals surface area contributed by atoms with Crippen LogP contribution in [-0.4, -0.2) is 43.4 Å². The zero-order chi connectivity index (χ0) is 24.3. The van der Waals surface area contributed by atoms with Crippen LogP contribution in [0.25, 0.3) is 10.9 Å². The average Bonchev–Trinajstić information content (AvgIpc) is 2.82. The Morgan fingerprint density at radius 2 is 2.06 bits per heavy atom. The second-order valence-electron chi connectivity index (χ2n) is 7.52. The van der Waals surface area contributed by atoms with Crippen LogP contribution in [0.3, 0.4) is 0 Å². The van der Waals surface area contributed by atoms with Crippen LogP contribution in [0.4, 0.5) is 15.9 Å². The third kappa shape index (κ3) is 5.33. The fourth-order valence-corrected chi connectivity index (χ4v) is 4.51. The normalized spacial score (nSPS) is 17.6. The van der Waals surface area contributed by atoms with Gasteiger partial charge < -0.3 is 14.8 Å². The molecule has 0 unspecified atom stereocenters. The molecule has 2 aromatic carbocycles. The molecule has 178 valence electrons. The molecule has 4 rings (SSSR count). The molecule has 0 aliphatic heterocycles. The summed E-state index contributed by atoms with van der Waals surface area (Å²) in [6, 6.07) is 7.13. The topological polar surface area (TPSA) is 102 Å². The Bertz CT molecular complexity index is 1390. The zero-order valence-electron chi connectivity index (χ0n) is 18.4. The molecule has 1 heterocycles. The molecule has 2 atom stereocenters. The van der Waals surface area contributed by atoms with Crippen LogP contribution in [0.1, 0.15) is 19.8 Å². The van der Waals surface area contributed by atoms with Crippen LogP contribution in [0.2, 0.25) is 5.02 Å². The van der Waals surface area contributed by atoms with E-state index in [-0.39, 0.29) is 10.8 Å². The molecule has 0 bridgehead atoms. The quantitative estimate of drug-likeness (QED) is 0.446. The predicted molar refractivity (Wildman–Crippen MR) is 129 cm³/mol. The van der Waals surface area contributed by atoms with Crippen molar-refractivity contribution in [1.29, 1.82) is 0 Å². The SMILES string of the molecule is CCS(=O)(=O)N[C@@H]1CCC#C[C@H]1Oc1cc2c(Nc3ccc(F)c(Cl)c3)ncnc2cc1OC. The minimum Gasteiger partial charge on any atom is -0.493 e. The molecular weight excluding hydrogens is 483 g/mol. The molecule has 0 saturated heterocycles. The van der Waals surface area contributed by atoms with E-state index in [0.717, 1.165) is 0 Å². The molecule has 34 heavy (non-hydrogen) atoms. The summed E-state index contributed by atoms with van der Waals surface area (Å²) in [5, 5.41) is 3.69. The fourth-order valence-electron chi connectivity index (χ4n) is 3.46. The monoisotopic (exact) mass is 504 g/mol. The lowest BCUT2D eigenvalue weighted by atomic mass is 10.0. The van der Waals surface area contributed by atoms with E-state index in [9.17, 15) is 12.8 Å². The number of anilines is 2. The number of fused-ring (bicyclic) bond motifs is 1. The van der Waals surface area contributed by atoms with E-state index < -0.39 is 28.0 Å². The number of ether oxygens (including phenoxy) is 2. The van der Waals surface area contributed by atoms with E-state index in [4.69, 9.17) is 21.1 Å². The molecule has 3 aromatic rings. The number of methoxy groups -OCH3 is 1. The Morgan fingerprint density at radius 3 is 2.79 bits per heavy atom. The largest absolute Gasteiger partial charge is 0.493 e. The van der Waals surface area contributed by atoms with Gasteiger partial charge in [0.05, 0.1) is 29.4 Å². The van der Waals surface area contributed by atoms with Crippen molar-refractivity contribution in [3.63, 3.8) is 0 Å². The van der Waals surface area contributed by atoms with Crippen molar-refractivity contribution in [3.05, 3.63) is 47.5 Å². The summed E-state index contributed by atoms with van der Waals surface area (Å²) in [6.45, 7) is 1.57. The maximum Gasteiger partial charge on any atom is 0.211 e. The number of hydrogen-bond donors (Lipinski definition) is 2. The first kappa shape index (κ1) is 24.0. The van der Waals surface area contributed by atoms with Gasteiger partial charge in [-0.2, -0.15) is 0 Å². The van der Waals surface area contributed by atoms with Gasteiger partial charge in [-0.1, -0.05) is 23.4 Å². The van der Waals surface area contributed by atoms with Crippen molar-refractivity contribution in [1.82, 2.24) is 14.7 Å². The van der Waals surface area contributed by atoms with E-state index in [1.54, 1.807) is 19.1 Å². The van der Waals surface area contributed by atoms with Crippen molar-refractivity contribution in [2.75, 3.05) is 18.2 Å². The Balaban J connectivity index is 1.69. The molecule has 11 heteroatoms. The van der Waals surface area contributed by atoms with Crippen LogP contribution in [-0.2, 0) is 10.0 Å². The van der Waals surface area contributed by atoms with Crippen molar-refractivity contribution < 1.29 is 22.3 Å². The highest BCUT2D eigenvalue weighted by Crippen LogP contribution is 2.36. The molecule has 8 nitrogen and oxygen atoms in total. The Labute approximate surface area is 201 Å². The first-order valence-electron chi connectivity index (χ1n) is 10.5. The van der Waals surface area contributed by atoms with Crippen molar-refractivity contribution >= 4 is 44.0 Å².